The van der Waals surface area contributed by atoms with Crippen LogP contribution in [0.15, 0.2) is 72.8 Å². The molecule has 1 N–H and O–H groups in total. The van der Waals surface area contributed by atoms with Crippen LogP contribution in [0.3, 0.4) is 0 Å². The first kappa shape index (κ1) is 20.1. The zero-order valence-corrected chi connectivity index (χ0v) is 16.0. The van der Waals surface area contributed by atoms with Crippen molar-refractivity contribution in [1.29, 1.82) is 5.26 Å². The van der Waals surface area contributed by atoms with Crippen LogP contribution < -0.4 is 10.1 Å². The zero-order chi connectivity index (χ0) is 20.6. The molecule has 4 nitrogen and oxygen atoms in total. The second kappa shape index (κ2) is 9.54. The van der Waals surface area contributed by atoms with Crippen molar-refractivity contribution in [2.24, 2.45) is 0 Å². The molecule has 0 fully saturated rings. The Kier molecular flexibility index (Phi) is 6.62. The van der Waals surface area contributed by atoms with E-state index in [1.165, 1.54) is 18.2 Å². The summed E-state index contributed by atoms with van der Waals surface area (Å²) in [7, 11) is 0. The van der Waals surface area contributed by atoms with Gasteiger partial charge in [-0.1, -0.05) is 60.1 Å². The lowest BCUT2D eigenvalue weighted by Gasteiger charge is -2.10. The average molecular weight is 407 g/mol. The SMILES string of the molecule is N#C/C(=C\c1ccc(OCC(=O)Nc2ccccc2F)c(Cl)c1)c1ccccc1. The third-order valence-corrected chi connectivity index (χ3v) is 4.27. The van der Waals surface area contributed by atoms with E-state index < -0.39 is 11.7 Å². The molecule has 144 valence electrons. The van der Waals surface area contributed by atoms with E-state index in [1.807, 2.05) is 30.3 Å². The van der Waals surface area contributed by atoms with Crippen LogP contribution in [-0.4, -0.2) is 12.5 Å². The van der Waals surface area contributed by atoms with Crippen molar-refractivity contribution in [2.45, 2.75) is 0 Å². The second-order valence-electron chi connectivity index (χ2n) is 6.04. The van der Waals surface area contributed by atoms with Crippen LogP contribution in [0.25, 0.3) is 11.6 Å². The highest BCUT2D eigenvalue weighted by Crippen LogP contribution is 2.27. The maximum Gasteiger partial charge on any atom is 0.262 e. The summed E-state index contributed by atoms with van der Waals surface area (Å²) in [6.45, 7) is -0.323. The smallest absolute Gasteiger partial charge is 0.262 e. The van der Waals surface area contributed by atoms with Gasteiger partial charge in [0.1, 0.15) is 11.6 Å². The highest BCUT2D eigenvalue weighted by Gasteiger charge is 2.09. The van der Waals surface area contributed by atoms with E-state index in [9.17, 15) is 14.4 Å². The van der Waals surface area contributed by atoms with Crippen molar-refractivity contribution in [3.05, 3.63) is 94.8 Å². The van der Waals surface area contributed by atoms with Gasteiger partial charge in [-0.2, -0.15) is 5.26 Å². The van der Waals surface area contributed by atoms with E-state index in [0.29, 0.717) is 16.3 Å². The Morgan fingerprint density at radius 3 is 2.52 bits per heavy atom. The van der Waals surface area contributed by atoms with Crippen LogP contribution in [0.4, 0.5) is 10.1 Å². The minimum Gasteiger partial charge on any atom is -0.482 e. The number of amides is 1. The average Bonchev–Trinajstić information content (AvgIpc) is 2.73. The van der Waals surface area contributed by atoms with Gasteiger partial charge in [0, 0.05) is 0 Å². The maximum absolute atomic E-state index is 13.6. The van der Waals surface area contributed by atoms with E-state index in [2.05, 4.69) is 11.4 Å². The van der Waals surface area contributed by atoms with Crippen LogP contribution in [0.1, 0.15) is 11.1 Å². The van der Waals surface area contributed by atoms with Crippen LogP contribution in [0.2, 0.25) is 5.02 Å². The minimum absolute atomic E-state index is 0.0811. The quantitative estimate of drug-likeness (QED) is 0.430. The highest BCUT2D eigenvalue weighted by molar-refractivity contribution is 6.32. The molecule has 0 saturated carbocycles. The molecule has 3 rings (SSSR count). The number of halogens is 2. The van der Waals surface area contributed by atoms with Gasteiger partial charge >= 0.3 is 0 Å². The number of carbonyl (C=O) groups excluding carboxylic acids is 1. The van der Waals surface area contributed by atoms with E-state index in [0.717, 1.165) is 11.1 Å². The van der Waals surface area contributed by atoms with E-state index >= 15 is 0 Å². The molecule has 3 aromatic rings. The molecule has 0 aliphatic heterocycles. The largest absolute Gasteiger partial charge is 0.482 e. The number of benzene rings is 3. The molecule has 1 amide bonds. The number of anilines is 1. The topological polar surface area (TPSA) is 62.1 Å². The van der Waals surface area contributed by atoms with Crippen molar-refractivity contribution in [2.75, 3.05) is 11.9 Å². The summed E-state index contributed by atoms with van der Waals surface area (Å²) in [5, 5.41) is 12.1. The molecule has 29 heavy (non-hydrogen) atoms. The molecule has 0 aromatic heterocycles. The Labute approximate surface area is 172 Å². The number of allylic oxidation sites excluding steroid dienone is 1. The Hall–Kier alpha value is -3.62. The summed E-state index contributed by atoms with van der Waals surface area (Å²) < 4.78 is 19.0. The molecule has 0 heterocycles. The molecular formula is C23H16ClFN2O2. The number of hydrogen-bond acceptors (Lipinski definition) is 3. The second-order valence-corrected chi connectivity index (χ2v) is 6.45. The fourth-order valence-electron chi connectivity index (χ4n) is 2.58. The third-order valence-electron chi connectivity index (χ3n) is 3.98. The molecule has 0 spiro atoms. The molecular weight excluding hydrogens is 391 g/mol. The number of rotatable bonds is 6. The van der Waals surface area contributed by atoms with Gasteiger partial charge in [-0.05, 0) is 41.5 Å². The van der Waals surface area contributed by atoms with Gasteiger partial charge in [-0.15, -0.1) is 0 Å². The Morgan fingerprint density at radius 2 is 1.83 bits per heavy atom. The minimum atomic E-state index is -0.526. The first-order valence-corrected chi connectivity index (χ1v) is 9.08. The lowest BCUT2D eigenvalue weighted by molar-refractivity contribution is -0.118. The lowest BCUT2D eigenvalue weighted by Crippen LogP contribution is -2.20. The fourth-order valence-corrected chi connectivity index (χ4v) is 2.82. The van der Waals surface area contributed by atoms with Crippen molar-refractivity contribution in [1.82, 2.24) is 0 Å². The van der Waals surface area contributed by atoms with Gasteiger partial charge in [0.05, 0.1) is 22.4 Å². The van der Waals surface area contributed by atoms with E-state index in [1.54, 1.807) is 30.3 Å². The predicted octanol–water partition coefficient (Wildman–Crippen LogP) is 5.56. The summed E-state index contributed by atoms with van der Waals surface area (Å²) in [4.78, 5) is 12.0. The number of nitrogens with zero attached hydrogens (tertiary/aromatic N) is 1. The van der Waals surface area contributed by atoms with Gasteiger partial charge in [0.2, 0.25) is 0 Å². The van der Waals surface area contributed by atoms with Crippen molar-refractivity contribution >= 4 is 34.8 Å². The van der Waals surface area contributed by atoms with Gasteiger partial charge in [0.25, 0.3) is 5.91 Å². The predicted molar refractivity (Wildman–Crippen MR) is 112 cm³/mol. The lowest BCUT2D eigenvalue weighted by atomic mass is 10.0. The maximum atomic E-state index is 13.6. The van der Waals surface area contributed by atoms with Gasteiger partial charge in [-0.25, -0.2) is 4.39 Å². The highest BCUT2D eigenvalue weighted by atomic mass is 35.5. The summed E-state index contributed by atoms with van der Waals surface area (Å²) >= 11 is 6.24. The monoisotopic (exact) mass is 406 g/mol. The number of nitrogens with one attached hydrogen (secondary N) is 1. The summed E-state index contributed by atoms with van der Waals surface area (Å²) in [6, 6.07) is 22.3. The Bertz CT molecular complexity index is 1090. The molecule has 0 bridgehead atoms. The molecule has 0 unspecified atom stereocenters. The third kappa shape index (κ3) is 5.44. The number of carbonyl (C=O) groups is 1. The first-order valence-electron chi connectivity index (χ1n) is 8.71. The molecule has 3 aromatic carbocycles. The number of hydrogen-bond donors (Lipinski definition) is 1. The van der Waals surface area contributed by atoms with Crippen LogP contribution >= 0.6 is 11.6 Å². The number of para-hydroxylation sites is 1. The van der Waals surface area contributed by atoms with Crippen molar-refractivity contribution in [3.63, 3.8) is 0 Å². The van der Waals surface area contributed by atoms with Gasteiger partial charge in [-0.3, -0.25) is 4.79 Å². The Morgan fingerprint density at radius 1 is 1.10 bits per heavy atom. The molecule has 6 heteroatoms. The van der Waals surface area contributed by atoms with Crippen LogP contribution in [0, 0.1) is 17.1 Å². The van der Waals surface area contributed by atoms with Crippen molar-refractivity contribution in [3.8, 4) is 11.8 Å². The zero-order valence-electron chi connectivity index (χ0n) is 15.2. The van der Waals surface area contributed by atoms with Crippen LogP contribution in [0.5, 0.6) is 5.75 Å². The van der Waals surface area contributed by atoms with Crippen molar-refractivity contribution < 1.29 is 13.9 Å². The van der Waals surface area contributed by atoms with Gasteiger partial charge < -0.3 is 10.1 Å². The molecule has 0 radical (unpaired) electrons. The number of ether oxygens (including phenoxy) is 1. The summed E-state index contributed by atoms with van der Waals surface area (Å²) in [5.41, 5.74) is 2.10. The molecule has 0 atom stereocenters. The van der Waals surface area contributed by atoms with Crippen LogP contribution in [-0.2, 0) is 4.79 Å². The molecule has 0 aliphatic rings. The standard InChI is InChI=1S/C23H16ClFN2O2/c24-19-13-16(12-18(14-26)17-6-2-1-3-7-17)10-11-22(19)29-15-23(28)27-21-9-5-4-8-20(21)25/h1-13H,15H2,(H,27,28)/b18-12+. The summed E-state index contributed by atoms with van der Waals surface area (Å²) in [6.07, 6.45) is 1.72. The first-order chi connectivity index (χ1) is 14.1. The van der Waals surface area contributed by atoms with Gasteiger partial charge in [0.15, 0.2) is 6.61 Å². The van der Waals surface area contributed by atoms with E-state index in [-0.39, 0.29) is 12.3 Å². The van der Waals surface area contributed by atoms with E-state index in [4.69, 9.17) is 16.3 Å². The Balaban J connectivity index is 1.67. The molecule has 0 saturated heterocycles. The molecule has 0 aliphatic carbocycles. The number of nitriles is 1. The normalized spacial score (nSPS) is 10.9. The fraction of sp³-hybridized carbons (Fsp3) is 0.0435. The summed E-state index contributed by atoms with van der Waals surface area (Å²) in [5.74, 6) is -0.724.